The Balaban J connectivity index is 1.44. The zero-order valence-electron chi connectivity index (χ0n) is 16.8. The van der Waals surface area contributed by atoms with Crippen LogP contribution in [0.3, 0.4) is 0 Å². The van der Waals surface area contributed by atoms with Crippen LogP contribution in [0.1, 0.15) is 44.9 Å². The molecule has 2 amide bonds. The number of piperidine rings is 1. The van der Waals surface area contributed by atoms with E-state index in [4.69, 9.17) is 0 Å². The highest BCUT2D eigenvalue weighted by atomic mass is 32.2. The van der Waals surface area contributed by atoms with Gasteiger partial charge in [-0.15, -0.1) is 0 Å². The maximum absolute atomic E-state index is 12.8. The van der Waals surface area contributed by atoms with Gasteiger partial charge in [0.1, 0.15) is 0 Å². The van der Waals surface area contributed by atoms with E-state index in [0.717, 1.165) is 25.7 Å². The minimum atomic E-state index is -3.58. The van der Waals surface area contributed by atoms with Gasteiger partial charge in [-0.3, -0.25) is 9.59 Å². The quantitative estimate of drug-likeness (QED) is 0.658. The highest BCUT2D eigenvalue weighted by molar-refractivity contribution is 7.89. The van der Waals surface area contributed by atoms with Crippen molar-refractivity contribution in [3.8, 4) is 0 Å². The fourth-order valence-electron chi connectivity index (χ4n) is 4.14. The van der Waals surface area contributed by atoms with Crippen LogP contribution in [0.2, 0.25) is 0 Å². The molecule has 0 spiro atoms. The number of nitrogens with one attached hydrogen (secondary N) is 2. The maximum Gasteiger partial charge on any atom is 0.243 e. The molecular weight excluding hydrogens is 390 g/mol. The van der Waals surface area contributed by atoms with Crippen molar-refractivity contribution in [2.45, 2.75) is 49.8 Å². The lowest BCUT2D eigenvalue weighted by Gasteiger charge is -2.31. The summed E-state index contributed by atoms with van der Waals surface area (Å²) in [6.07, 6.45) is 6.65. The molecule has 1 unspecified atom stereocenters. The van der Waals surface area contributed by atoms with E-state index in [0.29, 0.717) is 32.5 Å². The number of sulfonamides is 1. The van der Waals surface area contributed by atoms with E-state index in [2.05, 4.69) is 10.6 Å². The Morgan fingerprint density at radius 2 is 1.45 bits per heavy atom. The van der Waals surface area contributed by atoms with E-state index >= 15 is 0 Å². The molecule has 1 saturated carbocycles. The third-order valence-corrected chi connectivity index (χ3v) is 7.71. The monoisotopic (exact) mass is 421 g/mol. The molecule has 0 aromatic heterocycles. The van der Waals surface area contributed by atoms with Crippen LogP contribution in [0.25, 0.3) is 0 Å². The molecule has 0 bridgehead atoms. The molecule has 1 aliphatic heterocycles. The third kappa shape index (κ3) is 5.79. The average Bonchev–Trinajstić information content (AvgIpc) is 2.77. The number of amides is 2. The second-order valence-electron chi connectivity index (χ2n) is 7.93. The topological polar surface area (TPSA) is 95.6 Å². The molecule has 1 aromatic rings. The summed E-state index contributed by atoms with van der Waals surface area (Å²) in [6, 6.07) is 8.33. The number of nitrogens with zero attached hydrogens (tertiary/aromatic N) is 1. The van der Waals surface area contributed by atoms with Crippen molar-refractivity contribution >= 4 is 21.8 Å². The molecule has 2 fully saturated rings. The van der Waals surface area contributed by atoms with Crippen LogP contribution in [0.4, 0.5) is 0 Å². The highest BCUT2D eigenvalue weighted by Gasteiger charge is 2.33. The van der Waals surface area contributed by atoms with Crippen LogP contribution in [0.15, 0.2) is 35.2 Å². The minimum absolute atomic E-state index is 0.0803. The van der Waals surface area contributed by atoms with Crippen LogP contribution < -0.4 is 10.6 Å². The van der Waals surface area contributed by atoms with E-state index in [-0.39, 0.29) is 35.1 Å². The molecule has 160 valence electrons. The van der Waals surface area contributed by atoms with Gasteiger partial charge < -0.3 is 10.6 Å². The zero-order chi connectivity index (χ0) is 20.7. The molecule has 2 aliphatic rings. The fourth-order valence-corrected chi connectivity index (χ4v) is 5.69. The Kier molecular flexibility index (Phi) is 7.66. The van der Waals surface area contributed by atoms with E-state index < -0.39 is 10.0 Å². The van der Waals surface area contributed by atoms with Crippen LogP contribution in [-0.4, -0.2) is 50.7 Å². The standard InChI is InChI=1S/C21H31N3O4S/c25-20(17-8-3-1-4-9-17)22-13-14-23-21(26)18-10-7-15-24(16-18)29(27,28)19-11-5-2-6-12-19/h2,5-6,11-12,17-18H,1,3-4,7-10,13-16H2,(H,22,25)(H,23,26). The lowest BCUT2D eigenvalue weighted by Crippen LogP contribution is -2.46. The summed E-state index contributed by atoms with van der Waals surface area (Å²) in [5, 5.41) is 5.75. The largest absolute Gasteiger partial charge is 0.354 e. The molecular formula is C21H31N3O4S. The number of carbonyl (C=O) groups excluding carboxylic acids is 2. The molecule has 8 heteroatoms. The third-order valence-electron chi connectivity index (χ3n) is 5.84. The summed E-state index contributed by atoms with van der Waals surface area (Å²) < 4.78 is 27.0. The molecule has 29 heavy (non-hydrogen) atoms. The highest BCUT2D eigenvalue weighted by Crippen LogP contribution is 2.24. The molecule has 0 radical (unpaired) electrons. The van der Waals surface area contributed by atoms with E-state index in [1.165, 1.54) is 10.7 Å². The van der Waals surface area contributed by atoms with Crippen LogP contribution in [0.5, 0.6) is 0 Å². The lowest BCUT2D eigenvalue weighted by atomic mass is 9.89. The number of rotatable bonds is 7. The zero-order valence-corrected chi connectivity index (χ0v) is 17.6. The van der Waals surface area contributed by atoms with Gasteiger partial charge in [0.25, 0.3) is 0 Å². The predicted octanol–water partition coefficient (Wildman–Crippen LogP) is 1.90. The molecule has 1 saturated heterocycles. The number of carbonyl (C=O) groups is 2. The van der Waals surface area contributed by atoms with Crippen molar-refractivity contribution in [3.05, 3.63) is 30.3 Å². The lowest BCUT2D eigenvalue weighted by molar-refractivity contribution is -0.127. The summed E-state index contributed by atoms with van der Waals surface area (Å²) in [5.41, 5.74) is 0. The van der Waals surface area contributed by atoms with Crippen molar-refractivity contribution in [2.24, 2.45) is 11.8 Å². The first-order valence-corrected chi connectivity index (χ1v) is 12.0. The minimum Gasteiger partial charge on any atom is -0.354 e. The average molecular weight is 422 g/mol. The van der Waals surface area contributed by atoms with Gasteiger partial charge in [-0.05, 0) is 37.8 Å². The molecule has 3 rings (SSSR count). The summed E-state index contributed by atoms with van der Waals surface area (Å²) in [5.74, 6) is -0.326. The fraction of sp³-hybridized carbons (Fsp3) is 0.619. The SMILES string of the molecule is O=C(NCCNC(=O)C1CCCN(S(=O)(=O)c2ccccc2)C1)C1CCCCC1. The second kappa shape index (κ2) is 10.2. The normalized spacial score (nSPS) is 21.4. The van der Waals surface area contributed by atoms with Crippen molar-refractivity contribution in [1.29, 1.82) is 0 Å². The van der Waals surface area contributed by atoms with Crippen molar-refractivity contribution in [1.82, 2.24) is 14.9 Å². The molecule has 1 aromatic carbocycles. The molecule has 2 N–H and O–H groups in total. The first-order chi connectivity index (χ1) is 14.0. The Morgan fingerprint density at radius 1 is 0.862 bits per heavy atom. The number of hydrogen-bond acceptors (Lipinski definition) is 4. The van der Waals surface area contributed by atoms with Crippen LogP contribution in [-0.2, 0) is 19.6 Å². The Morgan fingerprint density at radius 3 is 2.10 bits per heavy atom. The van der Waals surface area contributed by atoms with Gasteiger partial charge in [-0.1, -0.05) is 37.5 Å². The summed E-state index contributed by atoms with van der Waals surface area (Å²) in [7, 11) is -3.58. The van der Waals surface area contributed by atoms with Gasteiger partial charge in [0, 0.05) is 32.1 Å². The van der Waals surface area contributed by atoms with E-state index in [1.54, 1.807) is 30.3 Å². The molecule has 7 nitrogen and oxygen atoms in total. The van der Waals surface area contributed by atoms with Gasteiger partial charge in [-0.2, -0.15) is 4.31 Å². The molecule has 1 aliphatic carbocycles. The van der Waals surface area contributed by atoms with Gasteiger partial charge in [0.05, 0.1) is 10.8 Å². The number of hydrogen-bond donors (Lipinski definition) is 2. The smallest absolute Gasteiger partial charge is 0.243 e. The molecule has 1 heterocycles. The Hall–Kier alpha value is -1.93. The van der Waals surface area contributed by atoms with E-state index in [1.807, 2.05) is 0 Å². The maximum atomic E-state index is 12.8. The van der Waals surface area contributed by atoms with Crippen molar-refractivity contribution in [2.75, 3.05) is 26.2 Å². The van der Waals surface area contributed by atoms with E-state index in [9.17, 15) is 18.0 Å². The number of benzene rings is 1. The second-order valence-corrected chi connectivity index (χ2v) is 9.87. The first-order valence-electron chi connectivity index (χ1n) is 10.6. The van der Waals surface area contributed by atoms with Crippen molar-refractivity contribution < 1.29 is 18.0 Å². The summed E-state index contributed by atoms with van der Waals surface area (Å²) in [4.78, 5) is 24.9. The first kappa shape index (κ1) is 21.8. The van der Waals surface area contributed by atoms with Gasteiger partial charge in [-0.25, -0.2) is 8.42 Å². The predicted molar refractivity (Wildman–Crippen MR) is 111 cm³/mol. The van der Waals surface area contributed by atoms with Crippen molar-refractivity contribution in [3.63, 3.8) is 0 Å². The summed E-state index contributed by atoms with van der Waals surface area (Å²) in [6.45, 7) is 1.38. The Labute approximate surface area is 173 Å². The molecule has 1 atom stereocenters. The van der Waals surface area contributed by atoms with Crippen LogP contribution in [0, 0.1) is 11.8 Å². The summed E-state index contributed by atoms with van der Waals surface area (Å²) >= 11 is 0. The van der Waals surface area contributed by atoms with Crippen LogP contribution >= 0.6 is 0 Å². The Bertz CT molecular complexity index is 791. The van der Waals surface area contributed by atoms with Gasteiger partial charge in [0.15, 0.2) is 0 Å². The van der Waals surface area contributed by atoms with Gasteiger partial charge >= 0.3 is 0 Å². The van der Waals surface area contributed by atoms with Gasteiger partial charge in [0.2, 0.25) is 21.8 Å².